The average molecular weight is 227 g/mol. The van der Waals surface area contributed by atoms with Crippen molar-refractivity contribution in [1.82, 2.24) is 5.32 Å². The third-order valence-corrected chi connectivity index (χ3v) is 2.73. The summed E-state index contributed by atoms with van der Waals surface area (Å²) in [5, 5.41) is 3.14. The van der Waals surface area contributed by atoms with E-state index in [0.29, 0.717) is 19.1 Å². The summed E-state index contributed by atoms with van der Waals surface area (Å²) in [5.41, 5.74) is 0.0316. The van der Waals surface area contributed by atoms with Gasteiger partial charge < -0.3 is 10.1 Å². The molecule has 1 aliphatic rings. The molecular weight excluding hydrogens is 212 g/mol. The SMILES string of the molecule is CC1CNCC(c2c(F)cccc2F)OC1. The van der Waals surface area contributed by atoms with Gasteiger partial charge in [0.1, 0.15) is 17.7 Å². The fourth-order valence-corrected chi connectivity index (χ4v) is 1.86. The Morgan fingerprint density at radius 3 is 2.62 bits per heavy atom. The summed E-state index contributed by atoms with van der Waals surface area (Å²) in [5.74, 6) is -0.720. The summed E-state index contributed by atoms with van der Waals surface area (Å²) in [7, 11) is 0. The average Bonchev–Trinajstić information content (AvgIpc) is 2.44. The lowest BCUT2D eigenvalue weighted by Crippen LogP contribution is -2.23. The monoisotopic (exact) mass is 227 g/mol. The summed E-state index contributed by atoms with van der Waals surface area (Å²) < 4.78 is 32.6. The maximum Gasteiger partial charge on any atom is 0.132 e. The van der Waals surface area contributed by atoms with E-state index in [1.807, 2.05) is 6.92 Å². The van der Waals surface area contributed by atoms with Crippen LogP contribution in [-0.2, 0) is 4.74 Å². The first-order valence-electron chi connectivity index (χ1n) is 5.44. The molecule has 2 rings (SSSR count). The standard InChI is InChI=1S/C12H15F2NO/c1-8-5-15-6-11(16-7-8)12-9(13)3-2-4-10(12)14/h2-4,8,11,15H,5-7H2,1H3. The molecule has 0 spiro atoms. The number of benzene rings is 1. The number of nitrogens with one attached hydrogen (secondary N) is 1. The van der Waals surface area contributed by atoms with Crippen LogP contribution in [0.3, 0.4) is 0 Å². The molecule has 1 fully saturated rings. The topological polar surface area (TPSA) is 21.3 Å². The van der Waals surface area contributed by atoms with Crippen molar-refractivity contribution in [2.75, 3.05) is 19.7 Å². The molecule has 1 saturated heterocycles. The molecule has 0 aromatic heterocycles. The molecule has 4 heteroatoms. The van der Waals surface area contributed by atoms with Crippen LogP contribution in [0, 0.1) is 17.6 Å². The van der Waals surface area contributed by atoms with E-state index >= 15 is 0 Å². The van der Waals surface area contributed by atoms with Gasteiger partial charge in [-0.3, -0.25) is 0 Å². The van der Waals surface area contributed by atoms with Crippen LogP contribution in [0.15, 0.2) is 18.2 Å². The van der Waals surface area contributed by atoms with E-state index < -0.39 is 17.7 Å². The Morgan fingerprint density at radius 1 is 1.25 bits per heavy atom. The van der Waals surface area contributed by atoms with Crippen LogP contribution in [0.4, 0.5) is 8.78 Å². The van der Waals surface area contributed by atoms with Gasteiger partial charge in [0, 0.05) is 13.1 Å². The molecule has 0 aliphatic carbocycles. The Kier molecular flexibility index (Phi) is 3.51. The number of rotatable bonds is 1. The van der Waals surface area contributed by atoms with Gasteiger partial charge in [-0.1, -0.05) is 13.0 Å². The van der Waals surface area contributed by atoms with Crippen LogP contribution in [0.25, 0.3) is 0 Å². The highest BCUT2D eigenvalue weighted by Crippen LogP contribution is 2.25. The summed E-state index contributed by atoms with van der Waals surface area (Å²) >= 11 is 0. The van der Waals surface area contributed by atoms with Crippen molar-refractivity contribution in [2.24, 2.45) is 5.92 Å². The first kappa shape index (κ1) is 11.5. The minimum absolute atomic E-state index is 0.0316. The molecule has 1 aliphatic heterocycles. The predicted octanol–water partition coefficient (Wildman–Crippen LogP) is 2.26. The molecule has 0 radical (unpaired) electrons. The molecule has 0 bridgehead atoms. The van der Waals surface area contributed by atoms with E-state index in [9.17, 15) is 8.78 Å². The van der Waals surface area contributed by atoms with Gasteiger partial charge in [-0.05, 0) is 18.1 Å². The maximum atomic E-state index is 13.5. The highest BCUT2D eigenvalue weighted by molar-refractivity contribution is 5.22. The lowest BCUT2D eigenvalue weighted by molar-refractivity contribution is 0.0468. The molecule has 0 amide bonds. The fraction of sp³-hybridized carbons (Fsp3) is 0.500. The second kappa shape index (κ2) is 4.89. The normalized spacial score (nSPS) is 26.4. The van der Waals surface area contributed by atoms with E-state index in [4.69, 9.17) is 4.74 Å². The number of hydrogen-bond donors (Lipinski definition) is 1. The molecule has 1 aromatic carbocycles. The second-order valence-corrected chi connectivity index (χ2v) is 4.22. The van der Waals surface area contributed by atoms with Crippen LogP contribution >= 0.6 is 0 Å². The van der Waals surface area contributed by atoms with Gasteiger partial charge in [0.15, 0.2) is 0 Å². The van der Waals surface area contributed by atoms with Crippen molar-refractivity contribution in [3.05, 3.63) is 35.4 Å². The Balaban J connectivity index is 2.23. The maximum absolute atomic E-state index is 13.5. The summed E-state index contributed by atoms with van der Waals surface area (Å²) in [6.45, 7) is 3.81. The quantitative estimate of drug-likeness (QED) is 0.794. The minimum Gasteiger partial charge on any atom is -0.372 e. The van der Waals surface area contributed by atoms with Gasteiger partial charge >= 0.3 is 0 Å². The molecule has 88 valence electrons. The molecule has 0 saturated carbocycles. The molecule has 2 nitrogen and oxygen atoms in total. The molecule has 2 unspecified atom stereocenters. The van der Waals surface area contributed by atoms with Gasteiger partial charge in [0.2, 0.25) is 0 Å². The number of hydrogen-bond acceptors (Lipinski definition) is 2. The zero-order valence-corrected chi connectivity index (χ0v) is 9.17. The van der Waals surface area contributed by atoms with Gasteiger partial charge in [-0.2, -0.15) is 0 Å². The summed E-state index contributed by atoms with van der Waals surface area (Å²) in [6.07, 6.45) is -0.536. The van der Waals surface area contributed by atoms with E-state index in [-0.39, 0.29) is 5.56 Å². The zero-order chi connectivity index (χ0) is 11.5. The second-order valence-electron chi connectivity index (χ2n) is 4.22. The van der Waals surface area contributed by atoms with Crippen molar-refractivity contribution in [1.29, 1.82) is 0 Å². The van der Waals surface area contributed by atoms with Crippen molar-refractivity contribution in [2.45, 2.75) is 13.0 Å². The van der Waals surface area contributed by atoms with Crippen LogP contribution in [0.1, 0.15) is 18.6 Å². The summed E-state index contributed by atoms with van der Waals surface area (Å²) in [6, 6.07) is 3.88. The first-order chi connectivity index (χ1) is 7.68. The van der Waals surface area contributed by atoms with Gasteiger partial charge in [0.05, 0.1) is 12.2 Å². The minimum atomic E-state index is -0.540. The number of ether oxygens (including phenoxy) is 1. The molecule has 1 aromatic rings. The summed E-state index contributed by atoms with van der Waals surface area (Å²) in [4.78, 5) is 0. The van der Waals surface area contributed by atoms with Crippen molar-refractivity contribution < 1.29 is 13.5 Å². The molecule has 1 heterocycles. The van der Waals surface area contributed by atoms with E-state index in [2.05, 4.69) is 5.32 Å². The van der Waals surface area contributed by atoms with Gasteiger partial charge in [-0.15, -0.1) is 0 Å². The Bertz CT molecular complexity index is 350. The first-order valence-corrected chi connectivity index (χ1v) is 5.44. The third kappa shape index (κ3) is 2.39. The van der Waals surface area contributed by atoms with Crippen LogP contribution in [-0.4, -0.2) is 19.7 Å². The van der Waals surface area contributed by atoms with Crippen molar-refractivity contribution in [3.8, 4) is 0 Å². The third-order valence-electron chi connectivity index (χ3n) is 2.73. The lowest BCUT2D eigenvalue weighted by atomic mass is 10.1. The van der Waals surface area contributed by atoms with Crippen molar-refractivity contribution >= 4 is 0 Å². The Morgan fingerprint density at radius 2 is 1.94 bits per heavy atom. The van der Waals surface area contributed by atoms with E-state index in [1.54, 1.807) is 0 Å². The lowest BCUT2D eigenvalue weighted by Gasteiger charge is -2.17. The molecule has 16 heavy (non-hydrogen) atoms. The highest BCUT2D eigenvalue weighted by atomic mass is 19.1. The van der Waals surface area contributed by atoms with Gasteiger partial charge in [0.25, 0.3) is 0 Å². The largest absolute Gasteiger partial charge is 0.372 e. The van der Waals surface area contributed by atoms with Crippen molar-refractivity contribution in [3.63, 3.8) is 0 Å². The zero-order valence-electron chi connectivity index (χ0n) is 9.17. The van der Waals surface area contributed by atoms with Gasteiger partial charge in [-0.25, -0.2) is 8.78 Å². The highest BCUT2D eigenvalue weighted by Gasteiger charge is 2.23. The predicted molar refractivity (Wildman–Crippen MR) is 57.1 cm³/mol. The number of halogens is 2. The fourth-order valence-electron chi connectivity index (χ4n) is 1.86. The Hall–Kier alpha value is -1.00. The molecular formula is C12H15F2NO. The Labute approximate surface area is 93.6 Å². The molecule has 1 N–H and O–H groups in total. The van der Waals surface area contributed by atoms with Crippen LogP contribution in [0.5, 0.6) is 0 Å². The van der Waals surface area contributed by atoms with Crippen LogP contribution < -0.4 is 5.32 Å². The molecule has 2 atom stereocenters. The van der Waals surface area contributed by atoms with Crippen LogP contribution in [0.2, 0.25) is 0 Å². The van der Waals surface area contributed by atoms with E-state index in [0.717, 1.165) is 6.54 Å². The van der Waals surface area contributed by atoms with E-state index in [1.165, 1.54) is 18.2 Å². The smallest absolute Gasteiger partial charge is 0.132 e.